The zero-order valence-corrected chi connectivity index (χ0v) is 12.1. The van der Waals surface area contributed by atoms with Crippen molar-refractivity contribution in [2.75, 3.05) is 5.32 Å². The molecule has 0 aromatic heterocycles. The highest BCUT2D eigenvalue weighted by molar-refractivity contribution is 9.10. The minimum atomic E-state index is -0.914. The van der Waals surface area contributed by atoms with E-state index in [-0.39, 0.29) is 5.69 Å². The predicted octanol–water partition coefficient (Wildman–Crippen LogP) is 2.96. The first-order valence-electron chi connectivity index (χ1n) is 6.23. The van der Waals surface area contributed by atoms with Gasteiger partial charge in [0.05, 0.1) is 11.6 Å². The van der Waals surface area contributed by atoms with Crippen molar-refractivity contribution in [1.29, 1.82) is 0 Å². The van der Waals surface area contributed by atoms with Gasteiger partial charge in [-0.25, -0.2) is 9.18 Å². The summed E-state index contributed by atoms with van der Waals surface area (Å²) in [6.45, 7) is 0. The highest BCUT2D eigenvalue weighted by Crippen LogP contribution is 2.26. The van der Waals surface area contributed by atoms with E-state index in [9.17, 15) is 14.0 Å². The van der Waals surface area contributed by atoms with E-state index < -0.39 is 29.8 Å². The molecule has 0 spiro atoms. The van der Waals surface area contributed by atoms with Crippen LogP contribution in [0.1, 0.15) is 19.3 Å². The van der Waals surface area contributed by atoms with Crippen LogP contribution in [-0.2, 0) is 4.79 Å². The van der Waals surface area contributed by atoms with E-state index in [0.717, 1.165) is 6.42 Å². The Morgan fingerprint density at radius 2 is 2.10 bits per heavy atom. The summed E-state index contributed by atoms with van der Waals surface area (Å²) in [6.07, 6.45) is 1.93. The van der Waals surface area contributed by atoms with Gasteiger partial charge in [-0.3, -0.25) is 4.79 Å². The summed E-state index contributed by atoms with van der Waals surface area (Å²) in [5.41, 5.74) is 0.0515. The predicted molar refractivity (Wildman–Crippen MR) is 75.0 cm³/mol. The lowest BCUT2D eigenvalue weighted by atomic mass is 10.0. The second-order valence-corrected chi connectivity index (χ2v) is 5.62. The number of hydrogen-bond donors (Lipinski definition) is 3. The van der Waals surface area contributed by atoms with Crippen LogP contribution in [0.3, 0.4) is 0 Å². The van der Waals surface area contributed by atoms with E-state index >= 15 is 0 Å². The highest BCUT2D eigenvalue weighted by Gasteiger charge is 2.33. The number of carbonyl (C=O) groups is 2. The maximum Gasteiger partial charge on any atom is 0.319 e. The number of benzene rings is 1. The number of urea groups is 1. The standard InChI is InChI=1S/C13H14BrFN2O3/c14-7-4-5-11(9(15)6-7)17-13(20)16-10-3-1-2-8(10)12(18)19/h4-6,8,10H,1-3H2,(H,18,19)(H2,16,17,20). The van der Waals surface area contributed by atoms with Gasteiger partial charge in [0.1, 0.15) is 5.82 Å². The van der Waals surface area contributed by atoms with E-state index in [1.807, 2.05) is 0 Å². The molecule has 0 bridgehead atoms. The average Bonchev–Trinajstić information content (AvgIpc) is 2.81. The third kappa shape index (κ3) is 3.47. The molecule has 0 aliphatic heterocycles. The molecule has 5 nitrogen and oxygen atoms in total. The molecule has 7 heteroatoms. The van der Waals surface area contributed by atoms with Gasteiger partial charge >= 0.3 is 12.0 Å². The Morgan fingerprint density at radius 3 is 2.75 bits per heavy atom. The van der Waals surface area contributed by atoms with Crippen molar-refractivity contribution in [2.24, 2.45) is 5.92 Å². The minimum absolute atomic E-state index is 0.0515. The van der Waals surface area contributed by atoms with E-state index in [2.05, 4.69) is 26.6 Å². The first kappa shape index (κ1) is 14.8. The van der Waals surface area contributed by atoms with Gasteiger partial charge in [0.2, 0.25) is 0 Å². The van der Waals surface area contributed by atoms with Crippen LogP contribution >= 0.6 is 15.9 Å². The number of aliphatic carboxylic acids is 1. The van der Waals surface area contributed by atoms with Crippen LogP contribution in [0.4, 0.5) is 14.9 Å². The summed E-state index contributed by atoms with van der Waals surface area (Å²) in [7, 11) is 0. The highest BCUT2D eigenvalue weighted by atomic mass is 79.9. The summed E-state index contributed by atoms with van der Waals surface area (Å²) in [5, 5.41) is 14.0. The van der Waals surface area contributed by atoms with Crippen molar-refractivity contribution in [3.8, 4) is 0 Å². The molecule has 2 unspecified atom stereocenters. The summed E-state index contributed by atoms with van der Waals surface area (Å²) in [5.74, 6) is -2.05. The number of nitrogens with one attached hydrogen (secondary N) is 2. The van der Waals surface area contributed by atoms with Gasteiger partial charge in [-0.1, -0.05) is 22.4 Å². The van der Waals surface area contributed by atoms with Gasteiger partial charge in [-0.05, 0) is 31.0 Å². The zero-order chi connectivity index (χ0) is 14.7. The first-order chi connectivity index (χ1) is 9.47. The van der Waals surface area contributed by atoms with Crippen LogP contribution in [0, 0.1) is 11.7 Å². The molecule has 2 amide bonds. The van der Waals surface area contributed by atoms with E-state index in [4.69, 9.17) is 5.11 Å². The molecule has 0 heterocycles. The number of carbonyl (C=O) groups excluding carboxylic acids is 1. The van der Waals surface area contributed by atoms with Crippen molar-refractivity contribution in [1.82, 2.24) is 5.32 Å². The van der Waals surface area contributed by atoms with Crippen molar-refractivity contribution in [3.05, 3.63) is 28.5 Å². The summed E-state index contributed by atoms with van der Waals surface area (Å²) in [6, 6.07) is 3.28. The third-order valence-electron chi connectivity index (χ3n) is 3.33. The summed E-state index contributed by atoms with van der Waals surface area (Å²) < 4.78 is 14.1. The molecule has 1 aromatic carbocycles. The van der Waals surface area contributed by atoms with Crippen molar-refractivity contribution >= 4 is 33.6 Å². The van der Waals surface area contributed by atoms with Crippen molar-refractivity contribution < 1.29 is 19.1 Å². The molecule has 1 aliphatic carbocycles. The number of hydrogen-bond acceptors (Lipinski definition) is 2. The van der Waals surface area contributed by atoms with Gasteiger partial charge < -0.3 is 15.7 Å². The normalized spacial score (nSPS) is 21.5. The number of carboxylic acid groups (broad SMARTS) is 1. The number of amides is 2. The Morgan fingerprint density at radius 1 is 1.35 bits per heavy atom. The lowest BCUT2D eigenvalue weighted by Crippen LogP contribution is -2.42. The minimum Gasteiger partial charge on any atom is -0.481 e. The van der Waals surface area contributed by atoms with Crippen LogP contribution in [0.2, 0.25) is 0 Å². The molecule has 0 saturated heterocycles. The fourth-order valence-corrected chi connectivity index (χ4v) is 2.68. The van der Waals surface area contributed by atoms with Gasteiger partial charge in [-0.15, -0.1) is 0 Å². The maximum atomic E-state index is 13.6. The second-order valence-electron chi connectivity index (χ2n) is 4.70. The molecule has 3 N–H and O–H groups in total. The molecule has 108 valence electrons. The summed E-state index contributed by atoms with van der Waals surface area (Å²) >= 11 is 3.12. The van der Waals surface area contributed by atoms with Crippen LogP contribution in [0.25, 0.3) is 0 Å². The van der Waals surface area contributed by atoms with E-state index in [1.165, 1.54) is 12.1 Å². The number of rotatable bonds is 3. The SMILES string of the molecule is O=C(Nc1ccc(Br)cc1F)NC1CCCC1C(=O)O. The molecular formula is C13H14BrFN2O3. The molecule has 0 radical (unpaired) electrons. The Bertz CT molecular complexity index is 538. The fourth-order valence-electron chi connectivity index (χ4n) is 2.35. The first-order valence-corrected chi connectivity index (χ1v) is 7.02. The number of halogens is 2. The molecule has 2 rings (SSSR count). The monoisotopic (exact) mass is 344 g/mol. The summed E-state index contributed by atoms with van der Waals surface area (Å²) in [4.78, 5) is 22.8. The Balaban J connectivity index is 1.97. The van der Waals surface area contributed by atoms with Crippen LogP contribution in [-0.4, -0.2) is 23.1 Å². The number of anilines is 1. The molecular weight excluding hydrogens is 331 g/mol. The average molecular weight is 345 g/mol. The fraction of sp³-hybridized carbons (Fsp3) is 0.385. The van der Waals surface area contributed by atoms with Gasteiger partial charge in [0, 0.05) is 10.5 Å². The Kier molecular flexibility index (Phi) is 4.59. The molecule has 2 atom stereocenters. The zero-order valence-electron chi connectivity index (χ0n) is 10.5. The number of carboxylic acids is 1. The van der Waals surface area contributed by atoms with Gasteiger partial charge in [0.15, 0.2) is 0 Å². The van der Waals surface area contributed by atoms with E-state index in [1.54, 1.807) is 6.07 Å². The van der Waals surface area contributed by atoms with Gasteiger partial charge in [-0.2, -0.15) is 0 Å². The molecule has 1 saturated carbocycles. The third-order valence-corrected chi connectivity index (χ3v) is 3.82. The maximum absolute atomic E-state index is 13.6. The molecule has 1 fully saturated rings. The smallest absolute Gasteiger partial charge is 0.319 e. The van der Waals surface area contributed by atoms with Crippen molar-refractivity contribution in [2.45, 2.75) is 25.3 Å². The van der Waals surface area contributed by atoms with Crippen LogP contribution < -0.4 is 10.6 Å². The molecule has 1 aliphatic rings. The quantitative estimate of drug-likeness (QED) is 0.788. The topological polar surface area (TPSA) is 78.4 Å². The van der Waals surface area contributed by atoms with Crippen LogP contribution in [0.15, 0.2) is 22.7 Å². The van der Waals surface area contributed by atoms with E-state index in [0.29, 0.717) is 17.3 Å². The second kappa shape index (κ2) is 6.21. The Hall–Kier alpha value is -1.63. The lowest BCUT2D eigenvalue weighted by Gasteiger charge is -2.18. The van der Waals surface area contributed by atoms with Crippen molar-refractivity contribution in [3.63, 3.8) is 0 Å². The largest absolute Gasteiger partial charge is 0.481 e. The molecule has 20 heavy (non-hydrogen) atoms. The van der Waals surface area contributed by atoms with Gasteiger partial charge in [0.25, 0.3) is 0 Å². The molecule has 1 aromatic rings. The Labute approximate surface area is 123 Å². The lowest BCUT2D eigenvalue weighted by molar-refractivity contribution is -0.142. The van der Waals surface area contributed by atoms with Crippen LogP contribution in [0.5, 0.6) is 0 Å².